The maximum atomic E-state index is 12.8. The second-order valence-electron chi connectivity index (χ2n) is 30.4. The van der Waals surface area contributed by atoms with Gasteiger partial charge >= 0.3 is 0 Å². The summed E-state index contributed by atoms with van der Waals surface area (Å²) in [6, 6.07) is 8.45. The average molecular weight is 1360 g/mol. The zero-order chi connectivity index (χ0) is 69.9. The van der Waals surface area contributed by atoms with E-state index in [0.29, 0.717) is 32.1 Å². The molecule has 18 N–H and O–H groups in total. The van der Waals surface area contributed by atoms with Crippen LogP contribution in [0, 0.1) is 59.2 Å². The zero-order valence-electron chi connectivity index (χ0n) is 56.1. The Morgan fingerprint density at radius 1 is 0.568 bits per heavy atom. The van der Waals surface area contributed by atoms with Gasteiger partial charge in [-0.3, -0.25) is 0 Å². The van der Waals surface area contributed by atoms with Gasteiger partial charge in [0.25, 0.3) is 0 Å². The summed E-state index contributed by atoms with van der Waals surface area (Å²) in [5.74, 6) is 0.0449. The van der Waals surface area contributed by atoms with Gasteiger partial charge in [0, 0.05) is 10.8 Å². The smallest absolute Gasteiger partial charge is 0.187 e. The number of hydrogen-bond acceptors (Lipinski definition) is 28. The summed E-state index contributed by atoms with van der Waals surface area (Å²) in [6.07, 6.45) is -34.7. The summed E-state index contributed by atoms with van der Waals surface area (Å²) in [5, 5.41) is 194. The highest BCUT2D eigenvalue weighted by molar-refractivity contribution is 5.32. The number of benzene rings is 1. The molecule has 10 rings (SSSR count). The number of hydrogen-bond donors (Lipinski definition) is 18. The van der Waals surface area contributed by atoms with Crippen molar-refractivity contribution in [3.63, 3.8) is 0 Å². The van der Waals surface area contributed by atoms with E-state index in [4.69, 9.17) is 47.4 Å². The lowest BCUT2D eigenvalue weighted by molar-refractivity contribution is -0.379. The summed E-state index contributed by atoms with van der Waals surface area (Å²) in [7, 11) is 0. The van der Waals surface area contributed by atoms with Crippen LogP contribution in [0.15, 0.2) is 35.9 Å². The monoisotopic (exact) mass is 1360 g/mol. The summed E-state index contributed by atoms with van der Waals surface area (Å²) in [4.78, 5) is 0. The predicted octanol–water partition coefficient (Wildman–Crippen LogP) is -2.47. The van der Waals surface area contributed by atoms with Gasteiger partial charge in [-0.2, -0.15) is 0 Å². The average Bonchev–Trinajstić information content (AvgIpc) is 1.65. The Bertz CT molecular complexity index is 2650. The van der Waals surface area contributed by atoms with Crippen LogP contribution in [-0.2, 0) is 47.4 Å². The second kappa shape index (κ2) is 30.4. The maximum Gasteiger partial charge on any atom is 0.187 e. The molecule has 1 aromatic carbocycles. The predicted molar refractivity (Wildman–Crippen MR) is 330 cm³/mol. The van der Waals surface area contributed by atoms with Gasteiger partial charge in [-0.1, -0.05) is 88.6 Å². The Labute approximate surface area is 554 Å². The molecule has 0 amide bonds. The summed E-state index contributed by atoms with van der Waals surface area (Å²) < 4.78 is 59.2. The highest BCUT2D eigenvalue weighted by Crippen LogP contribution is 2.75. The van der Waals surface area contributed by atoms with Crippen LogP contribution in [-0.4, -0.2) is 296 Å². The van der Waals surface area contributed by atoms with Crippen molar-refractivity contribution in [1.29, 1.82) is 0 Å². The van der Waals surface area contributed by atoms with Crippen molar-refractivity contribution in [3.05, 3.63) is 47.0 Å². The SMILES string of the molecule is C[C@H](CC[C@@H](OC1OC(COC2OCC(O)C(O)C2O)C(O)C(O)C1OC1OC(CO)C(O)C(O)C1O)C(C)(C)O)[C@H]1CC[C@@]2(C)[C@@H]3CC=C4[C@@H](CC[C@H](OC5OC(COC6OC(CO)C(O)C(O)C6O)C(O)C(O)C5O)C4(C)C)[C@]3(C)[C@H](O)C[C@]12C.Cc1cccc(C)c1. The van der Waals surface area contributed by atoms with E-state index < -0.39 is 209 Å². The van der Waals surface area contributed by atoms with Crippen molar-refractivity contribution in [2.24, 2.45) is 45.3 Å². The number of aliphatic hydroxyl groups excluding tert-OH is 17. The lowest BCUT2D eigenvalue weighted by Crippen LogP contribution is -2.65. The molecular formula is C67H110O28. The minimum Gasteiger partial charge on any atom is -0.394 e. The van der Waals surface area contributed by atoms with Crippen LogP contribution in [0.4, 0.5) is 0 Å². The second-order valence-corrected chi connectivity index (χ2v) is 30.4. The van der Waals surface area contributed by atoms with E-state index in [-0.39, 0.29) is 47.5 Å². The number of rotatable bonds is 19. The Balaban J connectivity index is 0.00000123. The quantitative estimate of drug-likeness (QED) is 0.0639. The first-order valence-corrected chi connectivity index (χ1v) is 33.8. The van der Waals surface area contributed by atoms with Gasteiger partial charge in [-0.05, 0) is 114 Å². The molecule has 1 aromatic rings. The van der Waals surface area contributed by atoms with Gasteiger partial charge in [0.05, 0.1) is 56.9 Å². The van der Waals surface area contributed by atoms with Crippen LogP contribution in [0.3, 0.4) is 0 Å². The van der Waals surface area contributed by atoms with Gasteiger partial charge in [0.15, 0.2) is 31.5 Å². The molecule has 0 spiro atoms. The number of aliphatic hydroxyl groups is 18. The Hall–Kier alpha value is -2.16. The fourth-order valence-electron chi connectivity index (χ4n) is 17.5. The molecule has 546 valence electrons. The minimum absolute atomic E-state index is 0.0169. The molecule has 9 aliphatic rings. The first kappa shape index (κ1) is 77.0. The molecule has 24 unspecified atom stereocenters. The highest BCUT2D eigenvalue weighted by atomic mass is 16.8. The standard InChI is InChI=1S/C59H100O28.C8H10/c1-23(9-13-35(56(4,5)77)86-54-49(87-53-48(76)42(70)38(66)29(19-61)82-53)44(72)40(68)31(84-54)21-79-50-45(73)36(64)27(62)20-78-50)24-15-16-57(6)32-12-10-25-26(59(32,8)33(63)17-58(24,57)7)11-14-34(55(25,2)3)85-52-47(75)43(71)39(67)30(83-52)22-80-51-46(74)41(69)37(65)28(18-60)81-51;1-7-4-3-5-8(2)6-7/h10,23-24,26-54,60-77H,9,11-22H2,1-8H3;3-6H,1-2H3/t23-,24-,26-,27?,28?,29?,30?,31?,32+,33-,34+,35-,36?,37?,38?,39?,40?,41?,42?,43?,44?,45?,46?,47?,48?,49?,50?,51?,52?,53?,54?,57+,58-,59+;/m1./s1. The van der Waals surface area contributed by atoms with Crippen LogP contribution in [0.5, 0.6) is 0 Å². The molecule has 5 aliphatic heterocycles. The summed E-state index contributed by atoms with van der Waals surface area (Å²) in [5.41, 5.74) is 0.278. The minimum atomic E-state index is -1.93. The van der Waals surface area contributed by atoms with Crippen LogP contribution in [0.1, 0.15) is 118 Å². The zero-order valence-corrected chi connectivity index (χ0v) is 56.1. The van der Waals surface area contributed by atoms with Gasteiger partial charge in [-0.25, -0.2) is 0 Å². The van der Waals surface area contributed by atoms with E-state index in [1.807, 2.05) is 13.8 Å². The maximum absolute atomic E-state index is 12.8. The van der Waals surface area contributed by atoms with Crippen molar-refractivity contribution in [1.82, 2.24) is 0 Å². The summed E-state index contributed by atoms with van der Waals surface area (Å²) >= 11 is 0. The third kappa shape index (κ3) is 15.1. The van der Waals surface area contributed by atoms with E-state index in [1.54, 1.807) is 0 Å². The van der Waals surface area contributed by atoms with Crippen molar-refractivity contribution in [2.75, 3.05) is 33.0 Å². The Morgan fingerprint density at radius 3 is 1.63 bits per heavy atom. The molecule has 95 heavy (non-hydrogen) atoms. The molecular weight excluding hydrogens is 1250 g/mol. The normalized spacial score (nSPS) is 48.3. The van der Waals surface area contributed by atoms with Crippen molar-refractivity contribution < 1.29 is 139 Å². The lowest BCUT2D eigenvalue weighted by Gasteiger charge is -2.67. The first-order valence-electron chi connectivity index (χ1n) is 33.8. The molecule has 0 aromatic heterocycles. The van der Waals surface area contributed by atoms with Crippen molar-refractivity contribution in [2.45, 2.75) is 292 Å². The van der Waals surface area contributed by atoms with Crippen molar-refractivity contribution >= 4 is 0 Å². The molecule has 3 saturated carbocycles. The molecule has 28 nitrogen and oxygen atoms in total. The fourth-order valence-corrected chi connectivity index (χ4v) is 17.5. The number of allylic oxidation sites excluding steroid dienone is 1. The third-order valence-corrected chi connectivity index (χ3v) is 23.7. The number of fused-ring (bicyclic) bond motifs is 5. The van der Waals surface area contributed by atoms with E-state index in [1.165, 1.54) is 25.0 Å². The Morgan fingerprint density at radius 2 is 1.07 bits per heavy atom. The topological polar surface area (TPSA) is 456 Å². The highest BCUT2D eigenvalue weighted by Gasteiger charge is 2.70. The van der Waals surface area contributed by atoms with Crippen molar-refractivity contribution in [3.8, 4) is 0 Å². The van der Waals surface area contributed by atoms with Crippen LogP contribution in [0.25, 0.3) is 0 Å². The molecule has 5 heterocycles. The number of ether oxygens (including phenoxy) is 10. The molecule has 4 aliphatic carbocycles. The van der Waals surface area contributed by atoms with Crippen LogP contribution < -0.4 is 0 Å². The van der Waals surface area contributed by atoms with E-state index >= 15 is 0 Å². The Kier molecular flexibility index (Phi) is 24.7. The van der Waals surface area contributed by atoms with Gasteiger partial charge in [0.2, 0.25) is 0 Å². The molecule has 28 heteroatoms. The first-order chi connectivity index (χ1) is 44.5. The van der Waals surface area contributed by atoms with E-state index in [0.717, 1.165) is 18.4 Å². The molecule has 0 radical (unpaired) electrons. The van der Waals surface area contributed by atoms with Gasteiger partial charge < -0.3 is 139 Å². The molecule has 34 atom stereocenters. The molecule has 5 saturated heterocycles. The third-order valence-electron chi connectivity index (χ3n) is 23.7. The van der Waals surface area contributed by atoms with Crippen LogP contribution in [0.2, 0.25) is 0 Å². The largest absolute Gasteiger partial charge is 0.394 e. The van der Waals surface area contributed by atoms with Gasteiger partial charge in [0.1, 0.15) is 116 Å². The van der Waals surface area contributed by atoms with E-state index in [9.17, 15) is 91.9 Å². The van der Waals surface area contributed by atoms with Crippen LogP contribution >= 0.6 is 0 Å². The fraction of sp³-hybridized carbons (Fsp3) is 0.881. The molecule has 8 fully saturated rings. The van der Waals surface area contributed by atoms with E-state index in [2.05, 4.69) is 71.9 Å². The summed E-state index contributed by atoms with van der Waals surface area (Å²) in [6.45, 7) is 17.4. The molecule has 0 bridgehead atoms. The van der Waals surface area contributed by atoms with Gasteiger partial charge in [-0.15, -0.1) is 0 Å². The number of aryl methyl sites for hydroxylation is 2. The lowest BCUT2D eigenvalue weighted by atomic mass is 9.38.